The topological polar surface area (TPSA) is 12.0 Å². The van der Waals surface area contributed by atoms with E-state index in [0.29, 0.717) is 12.0 Å². The number of hydrogen-bond donors (Lipinski definition) is 1. The van der Waals surface area contributed by atoms with Gasteiger partial charge in [0.2, 0.25) is 0 Å². The van der Waals surface area contributed by atoms with E-state index < -0.39 is 0 Å². The van der Waals surface area contributed by atoms with E-state index >= 15 is 0 Å². The highest BCUT2D eigenvalue weighted by Gasteiger charge is 2.40. The maximum Gasteiger partial charge on any atom is 0.0931 e. The highest BCUT2D eigenvalue weighted by molar-refractivity contribution is 7.16. The van der Waals surface area contributed by atoms with Gasteiger partial charge in [0, 0.05) is 16.3 Å². The molecule has 1 fully saturated rings. The summed E-state index contributed by atoms with van der Waals surface area (Å²) in [5.41, 5.74) is 0.213. The van der Waals surface area contributed by atoms with Crippen molar-refractivity contribution < 1.29 is 0 Å². The van der Waals surface area contributed by atoms with Crippen molar-refractivity contribution in [2.75, 3.05) is 6.54 Å². The Hall–Kier alpha value is -0.0500. The minimum atomic E-state index is 0.213. The maximum absolute atomic E-state index is 6.13. The third-order valence-corrected chi connectivity index (χ3v) is 6.28. The summed E-state index contributed by atoms with van der Waals surface area (Å²) in [4.78, 5) is 1.43. The Balaban J connectivity index is 2.21. The number of rotatable bonds is 4. The van der Waals surface area contributed by atoms with Crippen LogP contribution in [0.3, 0.4) is 0 Å². The molecule has 1 aliphatic carbocycles. The number of thiophene rings is 1. The Morgan fingerprint density at radius 1 is 1.37 bits per heavy atom. The van der Waals surface area contributed by atoms with Crippen molar-refractivity contribution in [3.05, 3.63) is 21.3 Å². The lowest BCUT2D eigenvalue weighted by atomic mass is 9.65. The second-order valence-electron chi connectivity index (χ2n) is 6.51. The van der Waals surface area contributed by atoms with Crippen molar-refractivity contribution in [2.45, 2.75) is 58.4 Å². The van der Waals surface area contributed by atoms with E-state index in [2.05, 4.69) is 39.1 Å². The lowest BCUT2D eigenvalue weighted by Gasteiger charge is -2.44. The van der Waals surface area contributed by atoms with Gasteiger partial charge < -0.3 is 5.32 Å². The van der Waals surface area contributed by atoms with Gasteiger partial charge in [0.15, 0.2) is 0 Å². The Bertz CT molecular complexity index is 413. The smallest absolute Gasteiger partial charge is 0.0931 e. The molecule has 0 saturated heterocycles. The molecule has 1 aliphatic rings. The van der Waals surface area contributed by atoms with Gasteiger partial charge in [-0.05, 0) is 43.4 Å². The SMILES string of the molecule is CCNC1CC(C)CCC1C(C)(C)c1ccc(Cl)s1. The molecule has 1 aromatic heterocycles. The molecule has 0 bridgehead atoms. The fraction of sp³-hybridized carbons (Fsp3) is 0.750. The van der Waals surface area contributed by atoms with Gasteiger partial charge in [0.25, 0.3) is 0 Å². The molecule has 3 heteroatoms. The summed E-state index contributed by atoms with van der Waals surface area (Å²) in [6.45, 7) is 10.4. The van der Waals surface area contributed by atoms with E-state index in [1.165, 1.54) is 24.1 Å². The highest BCUT2D eigenvalue weighted by atomic mass is 35.5. The largest absolute Gasteiger partial charge is 0.314 e. The van der Waals surface area contributed by atoms with Crippen LogP contribution in [0.1, 0.15) is 51.8 Å². The van der Waals surface area contributed by atoms with Gasteiger partial charge in [-0.25, -0.2) is 0 Å². The highest BCUT2D eigenvalue weighted by Crippen LogP contribution is 2.45. The van der Waals surface area contributed by atoms with Gasteiger partial charge in [-0.15, -0.1) is 11.3 Å². The molecule has 3 unspecified atom stereocenters. The predicted octanol–water partition coefficient (Wildman–Crippen LogP) is 5.09. The lowest BCUT2D eigenvalue weighted by Crippen LogP contribution is -2.48. The van der Waals surface area contributed by atoms with Crippen LogP contribution in [0.2, 0.25) is 4.34 Å². The van der Waals surface area contributed by atoms with Gasteiger partial charge in [-0.3, -0.25) is 0 Å². The molecule has 1 N–H and O–H groups in total. The molecule has 1 saturated carbocycles. The molecule has 3 atom stereocenters. The summed E-state index contributed by atoms with van der Waals surface area (Å²) in [6, 6.07) is 4.90. The summed E-state index contributed by atoms with van der Waals surface area (Å²) in [5.74, 6) is 1.56. The first-order valence-electron chi connectivity index (χ1n) is 7.44. The number of halogens is 1. The maximum atomic E-state index is 6.13. The normalized spacial score (nSPS) is 28.6. The van der Waals surface area contributed by atoms with Crippen LogP contribution in [0.15, 0.2) is 12.1 Å². The minimum absolute atomic E-state index is 0.213. The molecule has 1 nitrogen and oxygen atoms in total. The van der Waals surface area contributed by atoms with Crippen LogP contribution in [0.25, 0.3) is 0 Å². The first-order chi connectivity index (χ1) is 8.95. The van der Waals surface area contributed by atoms with Crippen LogP contribution in [-0.2, 0) is 5.41 Å². The minimum Gasteiger partial charge on any atom is -0.314 e. The van der Waals surface area contributed by atoms with Crippen molar-refractivity contribution in [3.63, 3.8) is 0 Å². The molecular weight excluding hydrogens is 274 g/mol. The second kappa shape index (κ2) is 6.15. The Kier molecular flexibility index (Phi) is 4.97. The van der Waals surface area contributed by atoms with Gasteiger partial charge >= 0.3 is 0 Å². The van der Waals surface area contributed by atoms with E-state index in [0.717, 1.165) is 16.8 Å². The molecule has 0 amide bonds. The van der Waals surface area contributed by atoms with Gasteiger partial charge in [0.1, 0.15) is 0 Å². The van der Waals surface area contributed by atoms with Crippen molar-refractivity contribution in [3.8, 4) is 0 Å². The predicted molar refractivity (Wildman–Crippen MR) is 86.3 cm³/mol. The first-order valence-corrected chi connectivity index (χ1v) is 8.63. The average Bonchev–Trinajstić information content (AvgIpc) is 2.77. The van der Waals surface area contributed by atoms with E-state index in [-0.39, 0.29) is 5.41 Å². The van der Waals surface area contributed by atoms with Crippen LogP contribution in [-0.4, -0.2) is 12.6 Å². The van der Waals surface area contributed by atoms with Crippen LogP contribution < -0.4 is 5.32 Å². The summed E-state index contributed by atoms with van der Waals surface area (Å²) >= 11 is 7.88. The van der Waals surface area contributed by atoms with Crippen LogP contribution in [0, 0.1) is 11.8 Å². The second-order valence-corrected chi connectivity index (χ2v) is 8.23. The van der Waals surface area contributed by atoms with E-state index in [9.17, 15) is 0 Å². The Morgan fingerprint density at radius 3 is 2.68 bits per heavy atom. The van der Waals surface area contributed by atoms with Crippen molar-refractivity contribution in [2.24, 2.45) is 11.8 Å². The molecule has 0 spiro atoms. The zero-order valence-electron chi connectivity index (χ0n) is 12.5. The molecule has 0 radical (unpaired) electrons. The monoisotopic (exact) mass is 299 g/mol. The van der Waals surface area contributed by atoms with E-state index in [1.807, 2.05) is 6.07 Å². The molecule has 0 aromatic carbocycles. The Labute approximate surface area is 126 Å². The molecule has 19 heavy (non-hydrogen) atoms. The summed E-state index contributed by atoms with van der Waals surface area (Å²) in [7, 11) is 0. The molecule has 1 aromatic rings. The van der Waals surface area contributed by atoms with Gasteiger partial charge in [-0.2, -0.15) is 0 Å². The standard InChI is InChI=1S/C16H26ClNS/c1-5-18-13-10-11(2)6-7-12(13)16(3,4)14-8-9-15(17)19-14/h8-9,11-13,18H,5-7,10H2,1-4H3. The van der Waals surface area contributed by atoms with Crippen molar-refractivity contribution in [1.82, 2.24) is 5.32 Å². The molecule has 1 heterocycles. The number of hydrogen-bond acceptors (Lipinski definition) is 2. The lowest BCUT2D eigenvalue weighted by molar-refractivity contribution is 0.149. The van der Waals surface area contributed by atoms with Crippen molar-refractivity contribution in [1.29, 1.82) is 0 Å². The third-order valence-electron chi connectivity index (χ3n) is 4.71. The zero-order chi connectivity index (χ0) is 14.0. The fourth-order valence-corrected chi connectivity index (χ4v) is 4.78. The molecular formula is C16H26ClNS. The third kappa shape index (κ3) is 3.34. The Morgan fingerprint density at radius 2 is 2.11 bits per heavy atom. The van der Waals surface area contributed by atoms with E-state index in [1.54, 1.807) is 11.3 Å². The molecule has 108 valence electrons. The molecule has 0 aliphatic heterocycles. The van der Waals surface area contributed by atoms with Crippen molar-refractivity contribution >= 4 is 22.9 Å². The summed E-state index contributed by atoms with van der Waals surface area (Å²) < 4.78 is 0.909. The average molecular weight is 300 g/mol. The zero-order valence-corrected chi connectivity index (χ0v) is 14.1. The quantitative estimate of drug-likeness (QED) is 0.816. The molecule has 2 rings (SSSR count). The fourth-order valence-electron chi connectivity index (χ4n) is 3.58. The van der Waals surface area contributed by atoms with Crippen LogP contribution >= 0.6 is 22.9 Å². The first kappa shape index (κ1) is 15.3. The van der Waals surface area contributed by atoms with Gasteiger partial charge in [0.05, 0.1) is 4.34 Å². The van der Waals surface area contributed by atoms with Gasteiger partial charge in [-0.1, -0.05) is 45.7 Å². The summed E-state index contributed by atoms with van der Waals surface area (Å²) in [6.07, 6.45) is 3.98. The van der Waals surface area contributed by atoms with Crippen LogP contribution in [0.5, 0.6) is 0 Å². The number of nitrogens with one attached hydrogen (secondary N) is 1. The van der Waals surface area contributed by atoms with E-state index in [4.69, 9.17) is 11.6 Å². The van der Waals surface area contributed by atoms with Crippen LogP contribution in [0.4, 0.5) is 0 Å². The summed E-state index contributed by atoms with van der Waals surface area (Å²) in [5, 5.41) is 3.72.